The number of fused-ring (bicyclic) bond motifs is 1. The Kier molecular flexibility index (Phi) is 4.41. The average Bonchev–Trinajstić information content (AvgIpc) is 2.98. The zero-order chi connectivity index (χ0) is 16.4. The number of ether oxygens (including phenoxy) is 1. The van der Waals surface area contributed by atoms with E-state index in [1.54, 1.807) is 30.3 Å². The second kappa shape index (κ2) is 6.48. The molecule has 0 bridgehead atoms. The number of urea groups is 1. The van der Waals surface area contributed by atoms with Gasteiger partial charge in [0, 0.05) is 17.7 Å². The summed E-state index contributed by atoms with van der Waals surface area (Å²) in [5.41, 5.74) is 1.80. The molecule has 0 saturated carbocycles. The van der Waals surface area contributed by atoms with Gasteiger partial charge in [0.05, 0.1) is 16.7 Å². The SMILES string of the molecule is O=C(NC(=O)c1ccc2c(c1)CCO2)Nc1ccc(Cl)c(Cl)c1. The molecule has 0 atom stereocenters. The molecule has 0 aliphatic carbocycles. The first-order valence-electron chi connectivity index (χ1n) is 6.86. The van der Waals surface area contributed by atoms with E-state index in [-0.39, 0.29) is 0 Å². The van der Waals surface area contributed by atoms with Gasteiger partial charge < -0.3 is 10.1 Å². The fraction of sp³-hybridized carbons (Fsp3) is 0.125. The summed E-state index contributed by atoms with van der Waals surface area (Å²) < 4.78 is 5.38. The summed E-state index contributed by atoms with van der Waals surface area (Å²) in [5.74, 6) is 0.291. The van der Waals surface area contributed by atoms with Gasteiger partial charge in [-0.25, -0.2) is 4.79 Å². The lowest BCUT2D eigenvalue weighted by atomic mass is 10.1. The zero-order valence-electron chi connectivity index (χ0n) is 11.9. The van der Waals surface area contributed by atoms with E-state index in [0.717, 1.165) is 17.7 Å². The maximum atomic E-state index is 12.1. The number of carbonyl (C=O) groups is 2. The summed E-state index contributed by atoms with van der Waals surface area (Å²) in [6.07, 6.45) is 0.756. The van der Waals surface area contributed by atoms with Gasteiger partial charge in [0.1, 0.15) is 5.75 Å². The highest BCUT2D eigenvalue weighted by Crippen LogP contribution is 2.26. The van der Waals surface area contributed by atoms with Gasteiger partial charge in [0.15, 0.2) is 0 Å². The monoisotopic (exact) mass is 350 g/mol. The van der Waals surface area contributed by atoms with Crippen molar-refractivity contribution in [1.82, 2.24) is 5.32 Å². The Bertz CT molecular complexity index is 793. The van der Waals surface area contributed by atoms with Crippen molar-refractivity contribution in [2.75, 3.05) is 11.9 Å². The van der Waals surface area contributed by atoms with E-state index >= 15 is 0 Å². The zero-order valence-corrected chi connectivity index (χ0v) is 13.4. The van der Waals surface area contributed by atoms with Crippen LogP contribution in [0.15, 0.2) is 36.4 Å². The molecule has 0 radical (unpaired) electrons. The Hall–Kier alpha value is -2.24. The van der Waals surface area contributed by atoms with Crippen molar-refractivity contribution < 1.29 is 14.3 Å². The van der Waals surface area contributed by atoms with Crippen LogP contribution in [0.25, 0.3) is 0 Å². The summed E-state index contributed by atoms with van der Waals surface area (Å²) in [5, 5.41) is 5.49. The molecule has 1 aliphatic rings. The quantitative estimate of drug-likeness (QED) is 0.863. The number of rotatable bonds is 2. The summed E-state index contributed by atoms with van der Waals surface area (Å²) in [6.45, 7) is 0.609. The predicted molar refractivity (Wildman–Crippen MR) is 88.6 cm³/mol. The number of imide groups is 1. The van der Waals surface area contributed by atoms with E-state index in [0.29, 0.717) is 27.9 Å². The number of hydrogen-bond acceptors (Lipinski definition) is 3. The molecule has 7 heteroatoms. The van der Waals surface area contributed by atoms with Crippen LogP contribution >= 0.6 is 23.2 Å². The fourth-order valence-corrected chi connectivity index (χ4v) is 2.54. The van der Waals surface area contributed by atoms with Crippen LogP contribution in [0.2, 0.25) is 10.0 Å². The van der Waals surface area contributed by atoms with Crippen LogP contribution in [0.5, 0.6) is 5.75 Å². The Labute approximate surface area is 142 Å². The topological polar surface area (TPSA) is 67.4 Å². The fourth-order valence-electron chi connectivity index (χ4n) is 2.24. The first kappa shape index (κ1) is 15.6. The van der Waals surface area contributed by atoms with Crippen molar-refractivity contribution in [2.45, 2.75) is 6.42 Å². The average molecular weight is 351 g/mol. The van der Waals surface area contributed by atoms with E-state index < -0.39 is 11.9 Å². The van der Waals surface area contributed by atoms with Crippen molar-refractivity contribution in [1.29, 1.82) is 0 Å². The third-order valence-electron chi connectivity index (χ3n) is 3.36. The van der Waals surface area contributed by atoms with Gasteiger partial charge in [0.2, 0.25) is 0 Å². The third kappa shape index (κ3) is 3.57. The Morgan fingerprint density at radius 2 is 1.87 bits per heavy atom. The van der Waals surface area contributed by atoms with Gasteiger partial charge in [0.25, 0.3) is 5.91 Å². The van der Waals surface area contributed by atoms with E-state index in [9.17, 15) is 9.59 Å². The largest absolute Gasteiger partial charge is 0.493 e. The number of amides is 3. The van der Waals surface area contributed by atoms with Gasteiger partial charge in [-0.1, -0.05) is 23.2 Å². The van der Waals surface area contributed by atoms with Crippen molar-refractivity contribution in [3.63, 3.8) is 0 Å². The van der Waals surface area contributed by atoms with Crippen LogP contribution in [0.4, 0.5) is 10.5 Å². The molecule has 0 fully saturated rings. The molecule has 5 nitrogen and oxygen atoms in total. The Balaban J connectivity index is 1.65. The van der Waals surface area contributed by atoms with Gasteiger partial charge >= 0.3 is 6.03 Å². The van der Waals surface area contributed by atoms with Crippen LogP contribution in [-0.4, -0.2) is 18.5 Å². The summed E-state index contributed by atoms with van der Waals surface area (Å²) in [7, 11) is 0. The lowest BCUT2D eigenvalue weighted by Gasteiger charge is -2.08. The van der Waals surface area contributed by atoms with Crippen molar-refractivity contribution in [2.24, 2.45) is 0 Å². The minimum Gasteiger partial charge on any atom is -0.493 e. The lowest BCUT2D eigenvalue weighted by Crippen LogP contribution is -2.34. The molecular weight excluding hydrogens is 339 g/mol. The Morgan fingerprint density at radius 1 is 1.04 bits per heavy atom. The van der Waals surface area contributed by atoms with E-state index in [2.05, 4.69) is 10.6 Å². The molecule has 0 saturated heterocycles. The number of carbonyl (C=O) groups excluding carboxylic acids is 2. The first-order valence-corrected chi connectivity index (χ1v) is 7.61. The summed E-state index contributed by atoms with van der Waals surface area (Å²) in [4.78, 5) is 24.0. The summed E-state index contributed by atoms with van der Waals surface area (Å²) >= 11 is 11.7. The molecule has 0 unspecified atom stereocenters. The lowest BCUT2D eigenvalue weighted by molar-refractivity contribution is 0.0967. The second-order valence-corrected chi connectivity index (χ2v) is 5.77. The number of benzene rings is 2. The highest BCUT2D eigenvalue weighted by atomic mass is 35.5. The second-order valence-electron chi connectivity index (χ2n) is 4.96. The molecular formula is C16H12Cl2N2O3. The maximum absolute atomic E-state index is 12.1. The van der Waals surface area contributed by atoms with Crippen LogP contribution in [-0.2, 0) is 6.42 Å². The normalized spacial score (nSPS) is 12.3. The molecule has 0 spiro atoms. The van der Waals surface area contributed by atoms with Crippen molar-refractivity contribution in [3.05, 3.63) is 57.6 Å². The molecule has 2 N–H and O–H groups in total. The van der Waals surface area contributed by atoms with Gasteiger partial charge in [-0.2, -0.15) is 0 Å². The smallest absolute Gasteiger partial charge is 0.326 e. The predicted octanol–water partition coefficient (Wildman–Crippen LogP) is 3.89. The third-order valence-corrected chi connectivity index (χ3v) is 4.10. The molecule has 0 aromatic heterocycles. The highest BCUT2D eigenvalue weighted by molar-refractivity contribution is 6.42. The number of nitrogens with one attached hydrogen (secondary N) is 2. The van der Waals surface area contributed by atoms with Gasteiger partial charge in [-0.15, -0.1) is 0 Å². The number of hydrogen-bond donors (Lipinski definition) is 2. The number of halogens is 2. The van der Waals surface area contributed by atoms with E-state index in [1.165, 1.54) is 6.07 Å². The van der Waals surface area contributed by atoms with Gasteiger partial charge in [-0.3, -0.25) is 10.1 Å². The van der Waals surface area contributed by atoms with E-state index in [4.69, 9.17) is 27.9 Å². The number of anilines is 1. The van der Waals surface area contributed by atoms with Crippen molar-refractivity contribution >= 4 is 40.8 Å². The summed E-state index contributed by atoms with van der Waals surface area (Å²) in [6, 6.07) is 9.07. The minimum atomic E-state index is -0.648. The van der Waals surface area contributed by atoms with Gasteiger partial charge in [-0.05, 0) is 42.0 Å². The highest BCUT2D eigenvalue weighted by Gasteiger charge is 2.16. The molecule has 3 amide bonds. The molecule has 1 aliphatic heterocycles. The van der Waals surface area contributed by atoms with Crippen LogP contribution in [0.3, 0.4) is 0 Å². The molecule has 1 heterocycles. The molecule has 2 aromatic rings. The Morgan fingerprint density at radius 3 is 2.65 bits per heavy atom. The maximum Gasteiger partial charge on any atom is 0.326 e. The molecule has 2 aromatic carbocycles. The standard InChI is InChI=1S/C16H12Cl2N2O3/c17-12-3-2-11(8-13(12)18)19-16(22)20-15(21)10-1-4-14-9(7-10)5-6-23-14/h1-4,7-8H,5-6H2,(H2,19,20,21,22). The van der Waals surface area contributed by atoms with Crippen LogP contribution in [0, 0.1) is 0 Å². The van der Waals surface area contributed by atoms with Crippen LogP contribution in [0.1, 0.15) is 15.9 Å². The first-order chi connectivity index (χ1) is 11.0. The van der Waals surface area contributed by atoms with Crippen molar-refractivity contribution in [3.8, 4) is 5.75 Å². The van der Waals surface area contributed by atoms with Crippen LogP contribution < -0.4 is 15.4 Å². The molecule has 3 rings (SSSR count). The minimum absolute atomic E-state index is 0.314. The molecule has 118 valence electrons. The molecule has 23 heavy (non-hydrogen) atoms. The van der Waals surface area contributed by atoms with E-state index in [1.807, 2.05) is 0 Å².